The van der Waals surface area contributed by atoms with Crippen LogP contribution >= 0.6 is 0 Å². The summed E-state index contributed by atoms with van der Waals surface area (Å²) in [6.07, 6.45) is -4.56. The second-order valence-corrected chi connectivity index (χ2v) is 6.17. The summed E-state index contributed by atoms with van der Waals surface area (Å²) >= 11 is 0. The van der Waals surface area contributed by atoms with Crippen LogP contribution in [0, 0.1) is 5.92 Å². The summed E-state index contributed by atoms with van der Waals surface area (Å²) in [4.78, 5) is 25.9. The van der Waals surface area contributed by atoms with Gasteiger partial charge in [0.1, 0.15) is 5.75 Å². The number of carbonyl (C=O) groups is 2. The molecule has 1 aliphatic heterocycles. The summed E-state index contributed by atoms with van der Waals surface area (Å²) in [7, 11) is 1.50. The molecule has 1 N–H and O–H groups in total. The van der Waals surface area contributed by atoms with Crippen LogP contribution in [0.1, 0.15) is 12.0 Å². The van der Waals surface area contributed by atoms with Gasteiger partial charge >= 0.3 is 6.18 Å². The number of nitrogens with one attached hydrogen (secondary N) is 1. The van der Waals surface area contributed by atoms with Crippen molar-refractivity contribution in [2.75, 3.05) is 23.9 Å². The first-order valence-electron chi connectivity index (χ1n) is 8.20. The maximum absolute atomic E-state index is 12.9. The molecule has 1 saturated heterocycles. The van der Waals surface area contributed by atoms with Crippen LogP contribution in [-0.4, -0.2) is 25.5 Å². The number of methoxy groups -OCH3 is 1. The van der Waals surface area contributed by atoms with Gasteiger partial charge in [-0.15, -0.1) is 0 Å². The van der Waals surface area contributed by atoms with Crippen molar-refractivity contribution in [2.45, 2.75) is 12.6 Å². The lowest BCUT2D eigenvalue weighted by Gasteiger charge is -2.18. The van der Waals surface area contributed by atoms with Crippen molar-refractivity contribution in [3.63, 3.8) is 0 Å². The summed E-state index contributed by atoms with van der Waals surface area (Å²) in [5.41, 5.74) is -0.187. The summed E-state index contributed by atoms with van der Waals surface area (Å²) in [6, 6.07) is 11.3. The van der Waals surface area contributed by atoms with Gasteiger partial charge in [-0.2, -0.15) is 13.2 Å². The molecule has 1 heterocycles. The van der Waals surface area contributed by atoms with Crippen LogP contribution in [-0.2, 0) is 15.8 Å². The first-order chi connectivity index (χ1) is 12.8. The van der Waals surface area contributed by atoms with Gasteiger partial charge in [0.15, 0.2) is 0 Å². The van der Waals surface area contributed by atoms with Crippen molar-refractivity contribution < 1.29 is 27.5 Å². The van der Waals surface area contributed by atoms with Crippen molar-refractivity contribution >= 4 is 23.2 Å². The number of halogens is 3. The Morgan fingerprint density at radius 1 is 1.19 bits per heavy atom. The maximum Gasteiger partial charge on any atom is 0.416 e. The minimum Gasteiger partial charge on any atom is -0.497 e. The third-order valence-corrected chi connectivity index (χ3v) is 4.32. The molecule has 0 bridgehead atoms. The van der Waals surface area contributed by atoms with Gasteiger partial charge in [-0.1, -0.05) is 12.1 Å². The van der Waals surface area contributed by atoms with Crippen LogP contribution in [0.4, 0.5) is 24.5 Å². The van der Waals surface area contributed by atoms with Crippen molar-refractivity contribution in [3.05, 3.63) is 54.1 Å². The Morgan fingerprint density at radius 2 is 1.93 bits per heavy atom. The van der Waals surface area contributed by atoms with E-state index in [1.54, 1.807) is 24.3 Å². The average Bonchev–Trinajstić information content (AvgIpc) is 3.03. The maximum atomic E-state index is 12.9. The lowest BCUT2D eigenvalue weighted by atomic mass is 10.1. The molecule has 1 fully saturated rings. The van der Waals surface area contributed by atoms with E-state index in [0.29, 0.717) is 11.4 Å². The summed E-state index contributed by atoms with van der Waals surface area (Å²) in [5.74, 6) is -0.842. The SMILES string of the molecule is COc1cccc(NC(=O)[C@H]2CC(=O)N(c3cccc(C(F)(F)F)c3)C2)c1. The molecule has 0 spiro atoms. The van der Waals surface area contributed by atoms with Crippen LogP contribution in [0.5, 0.6) is 5.75 Å². The monoisotopic (exact) mass is 378 g/mol. The number of nitrogens with zero attached hydrogens (tertiary/aromatic N) is 1. The third kappa shape index (κ3) is 4.21. The van der Waals surface area contributed by atoms with Gasteiger partial charge < -0.3 is 15.0 Å². The fourth-order valence-electron chi connectivity index (χ4n) is 2.93. The average molecular weight is 378 g/mol. The lowest BCUT2D eigenvalue weighted by molar-refractivity contribution is -0.137. The molecule has 8 heteroatoms. The van der Waals surface area contributed by atoms with Crippen LogP contribution in [0.2, 0.25) is 0 Å². The largest absolute Gasteiger partial charge is 0.497 e. The molecule has 142 valence electrons. The van der Waals surface area contributed by atoms with E-state index < -0.39 is 17.7 Å². The van der Waals surface area contributed by atoms with E-state index in [0.717, 1.165) is 12.1 Å². The van der Waals surface area contributed by atoms with E-state index in [-0.39, 0.29) is 30.5 Å². The fourth-order valence-corrected chi connectivity index (χ4v) is 2.93. The molecular weight excluding hydrogens is 361 g/mol. The van der Waals surface area contributed by atoms with Gasteiger partial charge in [0, 0.05) is 30.4 Å². The van der Waals surface area contributed by atoms with Crippen molar-refractivity contribution in [3.8, 4) is 5.75 Å². The molecule has 0 aromatic heterocycles. The zero-order chi connectivity index (χ0) is 19.6. The Hall–Kier alpha value is -3.03. The second kappa shape index (κ2) is 7.30. The number of alkyl halides is 3. The normalized spacial score (nSPS) is 17.1. The number of hydrogen-bond acceptors (Lipinski definition) is 3. The predicted octanol–water partition coefficient (Wildman–Crippen LogP) is 3.71. The minimum atomic E-state index is -4.50. The van der Waals surface area contributed by atoms with Crippen molar-refractivity contribution in [1.82, 2.24) is 0 Å². The second-order valence-electron chi connectivity index (χ2n) is 6.17. The van der Waals surface area contributed by atoms with E-state index in [2.05, 4.69) is 5.32 Å². The van der Waals surface area contributed by atoms with Crippen LogP contribution in [0.3, 0.4) is 0 Å². The smallest absolute Gasteiger partial charge is 0.416 e. The molecule has 2 aromatic carbocycles. The molecule has 1 aliphatic rings. The fraction of sp³-hybridized carbons (Fsp3) is 0.263. The van der Waals surface area contributed by atoms with E-state index >= 15 is 0 Å². The molecule has 5 nitrogen and oxygen atoms in total. The first kappa shape index (κ1) is 18.8. The topological polar surface area (TPSA) is 58.6 Å². The first-order valence-corrected chi connectivity index (χ1v) is 8.20. The highest BCUT2D eigenvalue weighted by atomic mass is 19.4. The van der Waals surface area contributed by atoms with Crippen LogP contribution in [0.15, 0.2) is 48.5 Å². The van der Waals surface area contributed by atoms with E-state index in [1.807, 2.05) is 0 Å². The van der Waals surface area contributed by atoms with Gasteiger partial charge in [-0.25, -0.2) is 0 Å². The number of carbonyl (C=O) groups excluding carboxylic acids is 2. The van der Waals surface area contributed by atoms with E-state index in [1.165, 1.54) is 24.1 Å². The van der Waals surface area contributed by atoms with Gasteiger partial charge in [-0.3, -0.25) is 9.59 Å². The molecule has 27 heavy (non-hydrogen) atoms. The van der Waals surface area contributed by atoms with E-state index in [9.17, 15) is 22.8 Å². The molecule has 0 aliphatic carbocycles. The molecule has 3 rings (SSSR count). The zero-order valence-electron chi connectivity index (χ0n) is 14.4. The van der Waals surface area contributed by atoms with Gasteiger partial charge in [0.2, 0.25) is 11.8 Å². The zero-order valence-corrected chi connectivity index (χ0v) is 14.4. The predicted molar refractivity (Wildman–Crippen MR) is 93.5 cm³/mol. The highest BCUT2D eigenvalue weighted by Crippen LogP contribution is 2.33. The number of amides is 2. The molecule has 2 aromatic rings. The summed E-state index contributed by atoms with van der Waals surface area (Å²) in [6.45, 7) is 0.0238. The number of anilines is 2. The van der Waals surface area contributed by atoms with Crippen molar-refractivity contribution in [2.24, 2.45) is 5.92 Å². The molecule has 2 amide bonds. The van der Waals surface area contributed by atoms with Crippen LogP contribution < -0.4 is 15.0 Å². The molecule has 0 unspecified atom stereocenters. The number of hydrogen-bond donors (Lipinski definition) is 1. The Labute approximate surface area is 153 Å². The quantitative estimate of drug-likeness (QED) is 0.883. The molecule has 1 atom stereocenters. The molecular formula is C19H17F3N2O3. The highest BCUT2D eigenvalue weighted by Gasteiger charge is 2.37. The Balaban J connectivity index is 1.72. The lowest BCUT2D eigenvalue weighted by Crippen LogP contribution is -2.28. The highest BCUT2D eigenvalue weighted by molar-refractivity contribution is 6.03. The third-order valence-electron chi connectivity index (χ3n) is 4.32. The molecule has 0 saturated carbocycles. The van der Waals surface area contributed by atoms with E-state index in [4.69, 9.17) is 4.74 Å². The van der Waals surface area contributed by atoms with Gasteiger partial charge in [-0.05, 0) is 30.3 Å². The number of ether oxygens (including phenoxy) is 1. The number of rotatable bonds is 4. The Morgan fingerprint density at radius 3 is 2.63 bits per heavy atom. The Kier molecular flexibility index (Phi) is 5.07. The summed E-state index contributed by atoms with van der Waals surface area (Å²) < 4.78 is 43.7. The molecule has 0 radical (unpaired) electrons. The van der Waals surface area contributed by atoms with Crippen LogP contribution in [0.25, 0.3) is 0 Å². The van der Waals surface area contributed by atoms with Crippen molar-refractivity contribution in [1.29, 1.82) is 0 Å². The minimum absolute atomic E-state index is 0.0238. The van der Waals surface area contributed by atoms with Gasteiger partial charge in [0.05, 0.1) is 18.6 Å². The standard InChI is InChI=1S/C19H17F3N2O3/c1-27-16-7-3-5-14(10-16)23-18(26)12-8-17(25)24(11-12)15-6-2-4-13(9-15)19(20,21)22/h2-7,9-10,12H,8,11H2,1H3,(H,23,26)/t12-/m0/s1. The number of benzene rings is 2. The van der Waals surface area contributed by atoms with Gasteiger partial charge in [0.25, 0.3) is 0 Å². The summed E-state index contributed by atoms with van der Waals surface area (Å²) in [5, 5.41) is 2.71. The Bertz CT molecular complexity index is 867.